The maximum Gasteiger partial charge on any atom is 0.257 e. The van der Waals surface area contributed by atoms with Gasteiger partial charge in [0.05, 0.1) is 17.7 Å². The van der Waals surface area contributed by atoms with Crippen LogP contribution < -0.4 is 10.1 Å². The van der Waals surface area contributed by atoms with Crippen LogP contribution in [0.5, 0.6) is 5.75 Å². The van der Waals surface area contributed by atoms with Gasteiger partial charge in [0.1, 0.15) is 10.9 Å². The molecule has 1 heterocycles. The van der Waals surface area contributed by atoms with Gasteiger partial charge in [-0.2, -0.15) is 0 Å². The molecule has 0 aliphatic heterocycles. The SMILES string of the molecule is COc1c(C)ccc(NC(=O)c2cc(Cl)ncc2Cl)c1C. The van der Waals surface area contributed by atoms with Gasteiger partial charge >= 0.3 is 0 Å². The van der Waals surface area contributed by atoms with Gasteiger partial charge in [0.2, 0.25) is 0 Å². The predicted octanol–water partition coefficient (Wildman–Crippen LogP) is 4.27. The molecular weight excluding hydrogens is 311 g/mol. The molecule has 0 atom stereocenters. The van der Waals surface area contributed by atoms with Crippen molar-refractivity contribution in [1.29, 1.82) is 0 Å². The number of hydrogen-bond acceptors (Lipinski definition) is 3. The highest BCUT2D eigenvalue weighted by molar-refractivity contribution is 6.35. The van der Waals surface area contributed by atoms with E-state index in [9.17, 15) is 4.79 Å². The molecule has 0 bridgehead atoms. The Morgan fingerprint density at radius 2 is 2.00 bits per heavy atom. The number of amides is 1. The molecule has 0 unspecified atom stereocenters. The Morgan fingerprint density at radius 1 is 1.29 bits per heavy atom. The number of hydrogen-bond donors (Lipinski definition) is 1. The molecule has 0 spiro atoms. The molecule has 2 aromatic rings. The smallest absolute Gasteiger partial charge is 0.257 e. The third kappa shape index (κ3) is 3.28. The summed E-state index contributed by atoms with van der Waals surface area (Å²) in [7, 11) is 1.60. The number of pyridine rings is 1. The number of benzene rings is 1. The number of carbonyl (C=O) groups is 1. The minimum Gasteiger partial charge on any atom is -0.496 e. The fraction of sp³-hybridized carbons (Fsp3) is 0.200. The van der Waals surface area contributed by atoms with Crippen molar-refractivity contribution in [3.05, 3.63) is 51.3 Å². The predicted molar refractivity (Wildman–Crippen MR) is 84.7 cm³/mol. The van der Waals surface area contributed by atoms with E-state index in [0.29, 0.717) is 5.69 Å². The van der Waals surface area contributed by atoms with Crippen molar-refractivity contribution in [2.24, 2.45) is 0 Å². The number of nitrogens with zero attached hydrogens (tertiary/aromatic N) is 1. The topological polar surface area (TPSA) is 51.2 Å². The fourth-order valence-corrected chi connectivity index (χ4v) is 2.40. The van der Waals surface area contributed by atoms with Gasteiger partial charge in [0.25, 0.3) is 5.91 Å². The quantitative estimate of drug-likeness (QED) is 0.858. The third-order valence-corrected chi connectivity index (χ3v) is 3.63. The number of nitrogens with one attached hydrogen (secondary N) is 1. The van der Waals surface area contributed by atoms with Crippen LogP contribution >= 0.6 is 23.2 Å². The molecule has 0 saturated carbocycles. The number of methoxy groups -OCH3 is 1. The Bertz CT molecular complexity index is 702. The molecule has 110 valence electrons. The lowest BCUT2D eigenvalue weighted by molar-refractivity contribution is 0.102. The first-order chi connectivity index (χ1) is 9.93. The molecule has 1 aromatic carbocycles. The molecule has 0 aliphatic rings. The summed E-state index contributed by atoms with van der Waals surface area (Å²) in [4.78, 5) is 16.1. The van der Waals surface area contributed by atoms with Gasteiger partial charge in [-0.3, -0.25) is 4.79 Å². The standard InChI is InChI=1S/C15H14Cl2N2O2/c1-8-4-5-12(9(2)14(8)21-3)19-15(20)10-6-13(17)18-7-11(10)16/h4-7H,1-3H3,(H,19,20). The monoisotopic (exact) mass is 324 g/mol. The number of ether oxygens (including phenoxy) is 1. The van der Waals surface area contributed by atoms with Crippen LogP contribution in [0.4, 0.5) is 5.69 Å². The van der Waals surface area contributed by atoms with Crippen LogP contribution in [0.15, 0.2) is 24.4 Å². The average Bonchev–Trinajstić information content (AvgIpc) is 2.45. The van der Waals surface area contributed by atoms with Crippen molar-refractivity contribution in [2.75, 3.05) is 12.4 Å². The highest BCUT2D eigenvalue weighted by Crippen LogP contribution is 2.30. The lowest BCUT2D eigenvalue weighted by Gasteiger charge is -2.14. The number of carbonyl (C=O) groups excluding carboxylic acids is 1. The first kappa shape index (κ1) is 15.6. The average molecular weight is 325 g/mol. The lowest BCUT2D eigenvalue weighted by atomic mass is 10.1. The number of anilines is 1. The molecule has 0 aliphatic carbocycles. The molecule has 0 saturated heterocycles. The first-order valence-corrected chi connectivity index (χ1v) is 6.96. The van der Waals surface area contributed by atoms with Crippen molar-refractivity contribution in [3.63, 3.8) is 0 Å². The van der Waals surface area contributed by atoms with Gasteiger partial charge in [0, 0.05) is 17.4 Å². The number of rotatable bonds is 3. The number of aryl methyl sites for hydroxylation is 1. The van der Waals surface area contributed by atoms with Gasteiger partial charge in [-0.15, -0.1) is 0 Å². The minimum absolute atomic E-state index is 0.211. The number of halogens is 2. The largest absolute Gasteiger partial charge is 0.496 e. The fourth-order valence-electron chi connectivity index (χ4n) is 2.05. The second-order valence-electron chi connectivity index (χ2n) is 4.53. The molecule has 2 rings (SSSR count). The zero-order chi connectivity index (χ0) is 15.6. The van der Waals surface area contributed by atoms with Crippen LogP contribution in [0.1, 0.15) is 21.5 Å². The Hall–Kier alpha value is -1.78. The third-order valence-electron chi connectivity index (χ3n) is 3.12. The maximum atomic E-state index is 12.3. The summed E-state index contributed by atoms with van der Waals surface area (Å²) in [6.07, 6.45) is 1.35. The van der Waals surface area contributed by atoms with Crippen molar-refractivity contribution in [1.82, 2.24) is 4.98 Å². The minimum atomic E-state index is -0.349. The van der Waals surface area contributed by atoms with Gasteiger partial charge < -0.3 is 10.1 Å². The second kappa shape index (κ2) is 6.33. The normalized spacial score (nSPS) is 10.3. The van der Waals surface area contributed by atoms with E-state index in [0.717, 1.165) is 16.9 Å². The maximum absolute atomic E-state index is 12.3. The summed E-state index contributed by atoms with van der Waals surface area (Å²) in [5.74, 6) is 0.393. The van der Waals surface area contributed by atoms with Gasteiger partial charge in [-0.25, -0.2) is 4.98 Å². The van der Waals surface area contributed by atoms with E-state index < -0.39 is 0 Å². The second-order valence-corrected chi connectivity index (χ2v) is 5.32. The summed E-state index contributed by atoms with van der Waals surface area (Å²) in [5, 5.41) is 3.26. The van der Waals surface area contributed by atoms with Gasteiger partial charge in [0.15, 0.2) is 0 Å². The zero-order valence-corrected chi connectivity index (χ0v) is 13.3. The summed E-state index contributed by atoms with van der Waals surface area (Å²) in [5.41, 5.74) is 2.78. The van der Waals surface area contributed by atoms with E-state index in [1.807, 2.05) is 26.0 Å². The Kier molecular flexibility index (Phi) is 4.70. The van der Waals surface area contributed by atoms with Crippen molar-refractivity contribution >= 4 is 34.8 Å². The van der Waals surface area contributed by atoms with Gasteiger partial charge in [-0.1, -0.05) is 29.3 Å². The number of aromatic nitrogens is 1. The molecule has 1 amide bonds. The van der Waals surface area contributed by atoms with E-state index in [-0.39, 0.29) is 21.6 Å². The highest BCUT2D eigenvalue weighted by atomic mass is 35.5. The lowest BCUT2D eigenvalue weighted by Crippen LogP contribution is -2.14. The van der Waals surface area contributed by atoms with E-state index in [1.54, 1.807) is 7.11 Å². The van der Waals surface area contributed by atoms with Crippen molar-refractivity contribution in [3.8, 4) is 5.75 Å². The first-order valence-electron chi connectivity index (χ1n) is 6.20. The van der Waals surface area contributed by atoms with Crippen LogP contribution in [0.2, 0.25) is 10.2 Å². The summed E-state index contributed by atoms with van der Waals surface area (Å²) < 4.78 is 5.34. The highest BCUT2D eigenvalue weighted by Gasteiger charge is 2.15. The molecule has 1 N–H and O–H groups in total. The van der Waals surface area contributed by atoms with E-state index in [2.05, 4.69) is 10.3 Å². The van der Waals surface area contributed by atoms with Crippen molar-refractivity contribution in [2.45, 2.75) is 13.8 Å². The van der Waals surface area contributed by atoms with Crippen LogP contribution in [-0.2, 0) is 0 Å². The zero-order valence-electron chi connectivity index (χ0n) is 11.8. The van der Waals surface area contributed by atoms with Crippen LogP contribution in [0.3, 0.4) is 0 Å². The Balaban J connectivity index is 2.34. The van der Waals surface area contributed by atoms with Crippen LogP contribution in [0.25, 0.3) is 0 Å². The molecule has 0 radical (unpaired) electrons. The molecule has 6 heteroatoms. The van der Waals surface area contributed by atoms with Crippen molar-refractivity contribution < 1.29 is 9.53 Å². The van der Waals surface area contributed by atoms with E-state index in [1.165, 1.54) is 12.3 Å². The molecular formula is C15H14Cl2N2O2. The summed E-state index contributed by atoms with van der Waals surface area (Å²) >= 11 is 11.8. The van der Waals surface area contributed by atoms with Crippen LogP contribution in [0, 0.1) is 13.8 Å². The van der Waals surface area contributed by atoms with Gasteiger partial charge in [-0.05, 0) is 31.5 Å². The summed E-state index contributed by atoms with van der Waals surface area (Å²) in [6.45, 7) is 3.82. The van der Waals surface area contributed by atoms with Crippen LogP contribution in [-0.4, -0.2) is 18.0 Å². The Morgan fingerprint density at radius 3 is 2.67 bits per heavy atom. The molecule has 21 heavy (non-hydrogen) atoms. The molecule has 1 aromatic heterocycles. The Labute approximate surface area is 133 Å². The molecule has 0 fully saturated rings. The summed E-state index contributed by atoms with van der Waals surface area (Å²) in [6, 6.07) is 5.13. The van der Waals surface area contributed by atoms with E-state index >= 15 is 0 Å². The van der Waals surface area contributed by atoms with E-state index in [4.69, 9.17) is 27.9 Å². The molecule has 4 nitrogen and oxygen atoms in total.